The first-order valence-electron chi connectivity index (χ1n) is 4.37. The first-order valence-corrected chi connectivity index (χ1v) is 4.37. The first-order chi connectivity index (χ1) is 5.31. The number of nitrogens with one attached hydrogen (secondary N) is 3. The van der Waals surface area contributed by atoms with E-state index >= 15 is 0 Å². The lowest BCUT2D eigenvalue weighted by molar-refractivity contribution is 0.721. The van der Waals surface area contributed by atoms with Crippen LogP contribution < -0.4 is 10.6 Å². The SMILES string of the molecule is CCCCNC(=N)NCCC. The third-order valence-corrected chi connectivity index (χ3v) is 1.38. The Morgan fingerprint density at radius 1 is 1.09 bits per heavy atom. The quantitative estimate of drug-likeness (QED) is 0.320. The molecular weight excluding hydrogens is 138 g/mol. The second kappa shape index (κ2) is 7.38. The van der Waals surface area contributed by atoms with E-state index in [0.29, 0.717) is 5.96 Å². The highest BCUT2D eigenvalue weighted by atomic mass is 15.1. The lowest BCUT2D eigenvalue weighted by Gasteiger charge is -2.07. The van der Waals surface area contributed by atoms with Crippen molar-refractivity contribution in [2.45, 2.75) is 33.1 Å². The molecule has 0 radical (unpaired) electrons. The standard InChI is InChI=1S/C8H19N3/c1-3-5-7-11-8(9)10-6-4-2/h3-7H2,1-2H3,(H3,9,10,11). The highest BCUT2D eigenvalue weighted by molar-refractivity contribution is 5.76. The van der Waals surface area contributed by atoms with Crippen LogP contribution in [-0.2, 0) is 0 Å². The molecule has 0 bridgehead atoms. The van der Waals surface area contributed by atoms with Crippen molar-refractivity contribution in [3.05, 3.63) is 0 Å². The highest BCUT2D eigenvalue weighted by Crippen LogP contribution is 1.81. The molecule has 0 fully saturated rings. The molecule has 3 heteroatoms. The van der Waals surface area contributed by atoms with Crippen molar-refractivity contribution in [3.8, 4) is 0 Å². The smallest absolute Gasteiger partial charge is 0.188 e. The highest BCUT2D eigenvalue weighted by Gasteiger charge is 1.90. The van der Waals surface area contributed by atoms with Crippen molar-refractivity contribution in [2.75, 3.05) is 13.1 Å². The van der Waals surface area contributed by atoms with E-state index < -0.39 is 0 Å². The van der Waals surface area contributed by atoms with Crippen LogP contribution in [0.1, 0.15) is 33.1 Å². The van der Waals surface area contributed by atoms with Crippen LogP contribution in [0.2, 0.25) is 0 Å². The molecule has 0 aromatic rings. The van der Waals surface area contributed by atoms with Crippen molar-refractivity contribution in [2.24, 2.45) is 0 Å². The zero-order chi connectivity index (χ0) is 8.53. The minimum Gasteiger partial charge on any atom is -0.357 e. The molecule has 3 nitrogen and oxygen atoms in total. The number of hydrogen-bond donors (Lipinski definition) is 3. The molecular formula is C8H19N3. The third kappa shape index (κ3) is 7.16. The topological polar surface area (TPSA) is 47.9 Å². The van der Waals surface area contributed by atoms with Gasteiger partial charge in [0.25, 0.3) is 0 Å². The van der Waals surface area contributed by atoms with E-state index in [0.717, 1.165) is 25.9 Å². The van der Waals surface area contributed by atoms with Gasteiger partial charge in [-0.15, -0.1) is 0 Å². The minimum absolute atomic E-state index is 0.459. The van der Waals surface area contributed by atoms with Gasteiger partial charge in [0.1, 0.15) is 0 Å². The molecule has 0 rings (SSSR count). The van der Waals surface area contributed by atoms with Crippen molar-refractivity contribution in [3.63, 3.8) is 0 Å². The fourth-order valence-electron chi connectivity index (χ4n) is 0.703. The summed E-state index contributed by atoms with van der Waals surface area (Å²) >= 11 is 0. The summed E-state index contributed by atoms with van der Waals surface area (Å²) in [6, 6.07) is 0. The van der Waals surface area contributed by atoms with Gasteiger partial charge in [-0.2, -0.15) is 0 Å². The summed E-state index contributed by atoms with van der Waals surface area (Å²) < 4.78 is 0. The summed E-state index contributed by atoms with van der Waals surface area (Å²) in [5.41, 5.74) is 0. The van der Waals surface area contributed by atoms with Crippen LogP contribution in [0.25, 0.3) is 0 Å². The normalized spacial score (nSPS) is 9.27. The zero-order valence-electron chi connectivity index (χ0n) is 7.54. The van der Waals surface area contributed by atoms with Gasteiger partial charge < -0.3 is 10.6 Å². The van der Waals surface area contributed by atoms with Gasteiger partial charge in [-0.25, -0.2) is 0 Å². The maximum Gasteiger partial charge on any atom is 0.188 e. The summed E-state index contributed by atoms with van der Waals surface area (Å²) in [4.78, 5) is 0. The summed E-state index contributed by atoms with van der Waals surface area (Å²) in [6.07, 6.45) is 3.38. The Hall–Kier alpha value is -0.730. The van der Waals surface area contributed by atoms with E-state index in [4.69, 9.17) is 5.41 Å². The lowest BCUT2D eigenvalue weighted by atomic mass is 10.3. The molecule has 0 unspecified atom stereocenters. The molecule has 0 saturated heterocycles. The second-order valence-electron chi connectivity index (χ2n) is 2.58. The Kier molecular flexibility index (Phi) is 6.89. The van der Waals surface area contributed by atoms with E-state index in [1.165, 1.54) is 6.42 Å². The van der Waals surface area contributed by atoms with E-state index in [9.17, 15) is 0 Å². The Morgan fingerprint density at radius 3 is 2.27 bits per heavy atom. The van der Waals surface area contributed by atoms with Crippen LogP contribution in [0.4, 0.5) is 0 Å². The number of guanidine groups is 1. The van der Waals surface area contributed by atoms with Gasteiger partial charge >= 0.3 is 0 Å². The Balaban J connectivity index is 3.09. The first kappa shape index (κ1) is 10.3. The monoisotopic (exact) mass is 157 g/mol. The summed E-state index contributed by atoms with van der Waals surface area (Å²) in [5, 5.41) is 13.3. The predicted octanol–water partition coefficient (Wildman–Crippen LogP) is 1.31. The number of rotatable bonds is 5. The Labute approximate surface area is 69.1 Å². The van der Waals surface area contributed by atoms with E-state index in [-0.39, 0.29) is 0 Å². The van der Waals surface area contributed by atoms with Gasteiger partial charge in [0.15, 0.2) is 5.96 Å². The molecule has 0 spiro atoms. The number of hydrogen-bond acceptors (Lipinski definition) is 1. The van der Waals surface area contributed by atoms with Crippen molar-refractivity contribution in [1.82, 2.24) is 10.6 Å². The van der Waals surface area contributed by atoms with Crippen LogP contribution in [0.5, 0.6) is 0 Å². The van der Waals surface area contributed by atoms with Gasteiger partial charge in [0.05, 0.1) is 0 Å². The fraction of sp³-hybridized carbons (Fsp3) is 0.875. The Bertz CT molecular complexity index is 102. The Morgan fingerprint density at radius 2 is 1.73 bits per heavy atom. The molecule has 66 valence electrons. The van der Waals surface area contributed by atoms with E-state index in [2.05, 4.69) is 24.5 Å². The maximum absolute atomic E-state index is 7.35. The molecule has 0 saturated carbocycles. The molecule has 0 aliphatic rings. The van der Waals surface area contributed by atoms with Gasteiger partial charge in [0.2, 0.25) is 0 Å². The van der Waals surface area contributed by atoms with Gasteiger partial charge in [-0.1, -0.05) is 20.3 Å². The van der Waals surface area contributed by atoms with Crippen molar-refractivity contribution < 1.29 is 0 Å². The minimum atomic E-state index is 0.459. The van der Waals surface area contributed by atoms with Crippen LogP contribution >= 0.6 is 0 Å². The lowest BCUT2D eigenvalue weighted by Crippen LogP contribution is -2.37. The van der Waals surface area contributed by atoms with Crippen LogP contribution in [0.15, 0.2) is 0 Å². The maximum atomic E-state index is 7.35. The summed E-state index contributed by atoms with van der Waals surface area (Å²) in [7, 11) is 0. The second-order valence-corrected chi connectivity index (χ2v) is 2.58. The molecule has 0 heterocycles. The van der Waals surface area contributed by atoms with Gasteiger partial charge in [0, 0.05) is 13.1 Å². The zero-order valence-corrected chi connectivity index (χ0v) is 7.54. The largest absolute Gasteiger partial charge is 0.357 e. The van der Waals surface area contributed by atoms with Crippen LogP contribution in [0.3, 0.4) is 0 Å². The molecule has 3 N–H and O–H groups in total. The fourth-order valence-corrected chi connectivity index (χ4v) is 0.703. The number of unbranched alkanes of at least 4 members (excludes halogenated alkanes) is 1. The van der Waals surface area contributed by atoms with Crippen LogP contribution in [0, 0.1) is 5.41 Å². The molecule has 11 heavy (non-hydrogen) atoms. The van der Waals surface area contributed by atoms with E-state index in [1.54, 1.807) is 0 Å². The van der Waals surface area contributed by atoms with Crippen LogP contribution in [-0.4, -0.2) is 19.0 Å². The van der Waals surface area contributed by atoms with Crippen molar-refractivity contribution >= 4 is 5.96 Å². The molecule has 0 aromatic carbocycles. The molecule has 0 aliphatic heterocycles. The summed E-state index contributed by atoms with van der Waals surface area (Å²) in [6.45, 7) is 6.03. The van der Waals surface area contributed by atoms with Gasteiger partial charge in [-0.3, -0.25) is 5.41 Å². The predicted molar refractivity (Wildman–Crippen MR) is 48.9 cm³/mol. The van der Waals surface area contributed by atoms with E-state index in [1.807, 2.05) is 0 Å². The summed E-state index contributed by atoms with van der Waals surface area (Å²) in [5.74, 6) is 0.459. The van der Waals surface area contributed by atoms with Gasteiger partial charge in [-0.05, 0) is 12.8 Å². The average Bonchev–Trinajstić information content (AvgIpc) is 2.01. The molecule has 0 aliphatic carbocycles. The van der Waals surface area contributed by atoms with Crippen molar-refractivity contribution in [1.29, 1.82) is 5.41 Å². The average molecular weight is 157 g/mol. The third-order valence-electron chi connectivity index (χ3n) is 1.38. The molecule has 0 aromatic heterocycles. The molecule has 0 amide bonds. The molecule has 0 atom stereocenters.